The van der Waals surface area contributed by atoms with Crippen molar-refractivity contribution in [1.82, 2.24) is 4.90 Å². The molecule has 0 saturated carbocycles. The Morgan fingerprint density at radius 3 is 1.86 bits per heavy atom. The molecular weight excluding hydrogens is 212 g/mol. The third-order valence-corrected chi connectivity index (χ3v) is 1.67. The van der Waals surface area contributed by atoms with E-state index in [1.165, 1.54) is 6.92 Å². The zero-order chi connectivity index (χ0) is 11.4. The summed E-state index contributed by atoms with van der Waals surface area (Å²) < 4.78 is 71.9. The van der Waals surface area contributed by atoms with Gasteiger partial charge < -0.3 is 0 Å². The molecule has 0 radical (unpaired) electrons. The van der Waals surface area contributed by atoms with Crippen molar-refractivity contribution in [3.05, 3.63) is 0 Å². The van der Waals surface area contributed by atoms with E-state index in [1.807, 2.05) is 0 Å². The van der Waals surface area contributed by atoms with Crippen molar-refractivity contribution >= 4 is 0 Å². The van der Waals surface area contributed by atoms with Gasteiger partial charge in [-0.3, -0.25) is 0 Å². The molecule has 1 nitrogen and oxygen atoms in total. The number of rotatable bonds is 5. The molecule has 7 heteroatoms. The van der Waals surface area contributed by atoms with Crippen LogP contribution in [0.2, 0.25) is 0 Å². The second-order valence-corrected chi connectivity index (χ2v) is 2.74. The van der Waals surface area contributed by atoms with E-state index in [0.717, 1.165) is 0 Å². The van der Waals surface area contributed by atoms with Gasteiger partial charge in [0, 0.05) is 13.1 Å². The van der Waals surface area contributed by atoms with Crippen molar-refractivity contribution in [3.8, 4) is 0 Å². The smallest absolute Gasteiger partial charge is 0.243 e. The summed E-state index contributed by atoms with van der Waals surface area (Å²) in [4.78, 5) is 0.167. The van der Waals surface area contributed by atoms with Crippen molar-refractivity contribution in [2.24, 2.45) is 0 Å². The summed E-state index contributed by atoms with van der Waals surface area (Å²) in [6, 6.07) is -3.81. The van der Waals surface area contributed by atoms with Gasteiger partial charge in [0.2, 0.25) is 0 Å². The third-order valence-electron chi connectivity index (χ3n) is 1.67. The van der Waals surface area contributed by atoms with Crippen LogP contribution in [0.5, 0.6) is 0 Å². The van der Waals surface area contributed by atoms with Crippen LogP contribution in [-0.4, -0.2) is 36.9 Å². The van der Waals surface area contributed by atoms with Crippen LogP contribution in [0.3, 0.4) is 0 Å². The Morgan fingerprint density at radius 1 is 1.07 bits per heavy atom. The summed E-state index contributed by atoms with van der Waals surface area (Å²) in [5, 5.41) is 0. The molecule has 14 heavy (non-hydrogen) atoms. The molecule has 0 aliphatic carbocycles. The number of nitrogens with zero attached hydrogens (tertiary/aromatic N) is 1. The first-order chi connectivity index (χ1) is 6.23. The molecule has 0 spiro atoms. The maximum absolute atomic E-state index is 12.6. The van der Waals surface area contributed by atoms with Crippen molar-refractivity contribution in [2.75, 3.05) is 19.8 Å². The molecule has 0 aliphatic heterocycles. The lowest BCUT2D eigenvalue weighted by Crippen LogP contribution is -2.44. The molecule has 0 N–H and O–H groups in total. The average molecular weight is 223 g/mol. The second-order valence-electron chi connectivity index (χ2n) is 2.74. The zero-order valence-electron chi connectivity index (χ0n) is 7.54. The van der Waals surface area contributed by atoms with Crippen LogP contribution >= 0.6 is 0 Å². The Balaban J connectivity index is 4.17. The van der Waals surface area contributed by atoms with Crippen LogP contribution in [0.15, 0.2) is 0 Å². The van der Waals surface area contributed by atoms with E-state index in [-0.39, 0.29) is 11.4 Å². The average Bonchev–Trinajstić information content (AvgIpc) is 2.03. The molecule has 0 aromatic rings. The number of alkyl halides is 6. The van der Waals surface area contributed by atoms with E-state index in [1.54, 1.807) is 0 Å². The first kappa shape index (κ1) is 13.5. The second kappa shape index (κ2) is 4.86. The molecule has 0 rings (SSSR count). The first-order valence-electron chi connectivity index (χ1n) is 3.98. The van der Waals surface area contributed by atoms with Gasteiger partial charge in [-0.2, -0.15) is 22.0 Å². The number of hydrogen-bond donors (Lipinski definition) is 0. The van der Waals surface area contributed by atoms with Crippen LogP contribution < -0.4 is 0 Å². The number of halogens is 6. The fourth-order valence-electron chi connectivity index (χ4n) is 0.899. The summed E-state index contributed by atoms with van der Waals surface area (Å²) >= 11 is 0. The minimum atomic E-state index is -4.50. The van der Waals surface area contributed by atoms with Gasteiger partial charge in [0.05, 0.1) is 6.42 Å². The topological polar surface area (TPSA) is 3.24 Å². The molecule has 0 bridgehead atoms. The predicted octanol–water partition coefficient (Wildman–Crippen LogP) is 2.82. The van der Waals surface area contributed by atoms with Crippen LogP contribution in [0.25, 0.3) is 0 Å². The molecule has 0 aliphatic rings. The lowest BCUT2D eigenvalue weighted by Gasteiger charge is -2.28. The Bertz CT molecular complexity index is 166. The highest BCUT2D eigenvalue weighted by Gasteiger charge is 2.38. The van der Waals surface area contributed by atoms with Gasteiger partial charge in [-0.05, 0) is 0 Å². The van der Waals surface area contributed by atoms with Crippen LogP contribution in [0.1, 0.15) is 13.3 Å². The van der Waals surface area contributed by atoms with Gasteiger partial charge in [-0.15, -0.1) is 0 Å². The predicted molar refractivity (Wildman–Crippen MR) is 38.8 cm³/mol. The summed E-state index contributed by atoms with van der Waals surface area (Å²) in [6.45, 7) is -1.94. The van der Waals surface area contributed by atoms with Gasteiger partial charge in [0.1, 0.15) is 0 Å². The minimum absolute atomic E-state index is 0.167. The van der Waals surface area contributed by atoms with Crippen LogP contribution in [0, 0.1) is 0 Å². The largest absolute Gasteiger partial charge is 0.390 e. The SMILES string of the molecule is CCN(CCC(F)(F)F)C(F)(F)CF. The molecule has 0 amide bonds. The molecule has 0 unspecified atom stereocenters. The standard InChI is InChI=1S/C7H11F6N/c1-2-14(7(12,13)5-8)4-3-6(9,10)11/h2-5H2,1H3. The molecule has 0 aromatic carbocycles. The van der Waals surface area contributed by atoms with Gasteiger partial charge in [-0.1, -0.05) is 6.92 Å². The quantitative estimate of drug-likeness (QED) is 0.511. The van der Waals surface area contributed by atoms with Gasteiger partial charge in [0.15, 0.2) is 6.67 Å². The summed E-state index contributed by atoms with van der Waals surface area (Å²) in [5.74, 6) is 0. The van der Waals surface area contributed by atoms with E-state index in [2.05, 4.69) is 0 Å². The fraction of sp³-hybridized carbons (Fsp3) is 1.00. The molecule has 0 heterocycles. The monoisotopic (exact) mass is 223 g/mol. The first-order valence-corrected chi connectivity index (χ1v) is 3.98. The Labute approximate surface area is 77.7 Å². The van der Waals surface area contributed by atoms with E-state index in [0.29, 0.717) is 0 Å². The Morgan fingerprint density at radius 2 is 1.57 bits per heavy atom. The van der Waals surface area contributed by atoms with Crippen LogP contribution in [-0.2, 0) is 0 Å². The molecule has 86 valence electrons. The van der Waals surface area contributed by atoms with Crippen molar-refractivity contribution < 1.29 is 26.3 Å². The van der Waals surface area contributed by atoms with Gasteiger partial charge in [-0.25, -0.2) is 9.29 Å². The molecule has 0 fully saturated rings. The highest BCUT2D eigenvalue weighted by molar-refractivity contribution is 4.69. The lowest BCUT2D eigenvalue weighted by atomic mass is 10.3. The zero-order valence-corrected chi connectivity index (χ0v) is 7.54. The Hall–Kier alpha value is -0.460. The normalized spacial score (nSPS) is 13.7. The minimum Gasteiger partial charge on any atom is -0.243 e. The maximum Gasteiger partial charge on any atom is 0.390 e. The Kier molecular flexibility index (Phi) is 4.70. The summed E-state index contributed by atoms with van der Waals surface area (Å²) in [7, 11) is 0. The highest BCUT2D eigenvalue weighted by Crippen LogP contribution is 2.25. The van der Waals surface area contributed by atoms with E-state index < -0.39 is 31.9 Å². The highest BCUT2D eigenvalue weighted by atomic mass is 19.4. The van der Waals surface area contributed by atoms with Crippen LogP contribution in [0.4, 0.5) is 26.3 Å². The van der Waals surface area contributed by atoms with Gasteiger partial charge in [0.25, 0.3) is 0 Å². The van der Waals surface area contributed by atoms with Crippen molar-refractivity contribution in [2.45, 2.75) is 25.6 Å². The lowest BCUT2D eigenvalue weighted by molar-refractivity contribution is -0.180. The van der Waals surface area contributed by atoms with E-state index in [4.69, 9.17) is 0 Å². The summed E-state index contributed by atoms with van der Waals surface area (Å²) in [5.41, 5.74) is 0. The molecule has 0 aromatic heterocycles. The fourth-order valence-corrected chi connectivity index (χ4v) is 0.899. The third kappa shape index (κ3) is 4.69. The maximum atomic E-state index is 12.6. The van der Waals surface area contributed by atoms with Crippen molar-refractivity contribution in [3.63, 3.8) is 0 Å². The van der Waals surface area contributed by atoms with Gasteiger partial charge >= 0.3 is 12.2 Å². The molecule has 0 saturated heterocycles. The van der Waals surface area contributed by atoms with Crippen molar-refractivity contribution in [1.29, 1.82) is 0 Å². The van der Waals surface area contributed by atoms with E-state index >= 15 is 0 Å². The molecular formula is C7H11F6N. The summed E-state index contributed by atoms with van der Waals surface area (Å²) in [6.07, 6.45) is -5.86. The number of hydrogen-bond acceptors (Lipinski definition) is 1. The molecule has 0 atom stereocenters. The van der Waals surface area contributed by atoms with E-state index in [9.17, 15) is 26.3 Å².